The Labute approximate surface area is 206 Å². The summed E-state index contributed by atoms with van der Waals surface area (Å²) in [6.45, 7) is 10.7. The minimum atomic E-state index is -0.492. The Morgan fingerprint density at radius 3 is 2.69 bits per heavy atom. The first kappa shape index (κ1) is 26.0. The van der Waals surface area contributed by atoms with Gasteiger partial charge in [-0.2, -0.15) is 0 Å². The standard InChI is InChI=1S/C22H33N5O4.HI/c1-5-23-20(25-16-13-26(14-16)21(29)31-22(2,3)4)24-11-8-12-27-17-9-6-7-10-18(17)30-15-19(27)28;/h6-7,9-10,16H,5,8,11-15H2,1-4H3,(H2,23,24,25);1H. The third-order valence-corrected chi connectivity index (χ3v) is 4.84. The molecule has 2 aliphatic rings. The second-order valence-corrected chi connectivity index (χ2v) is 8.64. The number of benzene rings is 1. The molecule has 2 aliphatic heterocycles. The van der Waals surface area contributed by atoms with Crippen molar-refractivity contribution in [1.82, 2.24) is 15.5 Å². The molecule has 178 valence electrons. The van der Waals surface area contributed by atoms with E-state index < -0.39 is 5.60 Å². The maximum Gasteiger partial charge on any atom is 0.410 e. The number of guanidine groups is 1. The summed E-state index contributed by atoms with van der Waals surface area (Å²) in [5.41, 5.74) is 0.318. The Morgan fingerprint density at radius 2 is 2.00 bits per heavy atom. The van der Waals surface area contributed by atoms with Gasteiger partial charge in [0.15, 0.2) is 12.6 Å². The second-order valence-electron chi connectivity index (χ2n) is 8.64. The summed E-state index contributed by atoms with van der Waals surface area (Å²) in [6.07, 6.45) is 0.439. The number of likely N-dealkylation sites (tertiary alicyclic amines) is 1. The van der Waals surface area contributed by atoms with Crippen molar-refractivity contribution in [2.75, 3.05) is 44.2 Å². The van der Waals surface area contributed by atoms with Crippen molar-refractivity contribution in [1.29, 1.82) is 0 Å². The SMILES string of the molecule is CCNC(=NCCCN1C(=O)COc2ccccc21)NC1CN(C(=O)OC(C)(C)C)C1.I. The topological polar surface area (TPSA) is 95.5 Å². The highest BCUT2D eigenvalue weighted by molar-refractivity contribution is 14.0. The van der Waals surface area contributed by atoms with Crippen molar-refractivity contribution in [3.63, 3.8) is 0 Å². The molecule has 1 aromatic rings. The van der Waals surface area contributed by atoms with E-state index in [9.17, 15) is 9.59 Å². The van der Waals surface area contributed by atoms with Crippen molar-refractivity contribution >= 4 is 47.6 Å². The summed E-state index contributed by atoms with van der Waals surface area (Å²) in [6, 6.07) is 7.71. The molecule has 0 saturated carbocycles. The molecule has 0 aliphatic carbocycles. The number of para-hydroxylation sites is 2. The summed E-state index contributed by atoms with van der Waals surface area (Å²) >= 11 is 0. The maximum absolute atomic E-state index is 12.3. The van der Waals surface area contributed by atoms with Crippen molar-refractivity contribution in [3.05, 3.63) is 24.3 Å². The lowest BCUT2D eigenvalue weighted by Crippen LogP contribution is -2.63. The Balaban J connectivity index is 0.00000363. The molecule has 1 aromatic carbocycles. The molecule has 3 rings (SSSR count). The number of hydrogen-bond donors (Lipinski definition) is 2. The molecule has 0 bridgehead atoms. The van der Waals surface area contributed by atoms with Crippen LogP contribution in [0.15, 0.2) is 29.3 Å². The van der Waals surface area contributed by atoms with Gasteiger partial charge in [0.2, 0.25) is 0 Å². The number of rotatable bonds is 6. The minimum absolute atomic E-state index is 0. The van der Waals surface area contributed by atoms with E-state index in [2.05, 4.69) is 15.6 Å². The fraction of sp³-hybridized carbons (Fsp3) is 0.591. The fourth-order valence-electron chi connectivity index (χ4n) is 3.38. The van der Waals surface area contributed by atoms with Crippen LogP contribution in [-0.4, -0.2) is 73.8 Å². The molecule has 0 spiro atoms. The summed E-state index contributed by atoms with van der Waals surface area (Å²) < 4.78 is 10.9. The van der Waals surface area contributed by atoms with Crippen molar-refractivity contribution in [3.8, 4) is 5.75 Å². The summed E-state index contributed by atoms with van der Waals surface area (Å²) in [5, 5.41) is 6.58. The van der Waals surface area contributed by atoms with E-state index in [1.54, 1.807) is 9.80 Å². The number of halogens is 1. The van der Waals surface area contributed by atoms with Gasteiger partial charge in [0.25, 0.3) is 5.91 Å². The van der Waals surface area contributed by atoms with Crippen molar-refractivity contribution < 1.29 is 19.1 Å². The van der Waals surface area contributed by atoms with Gasteiger partial charge in [0.05, 0.1) is 11.7 Å². The molecule has 32 heavy (non-hydrogen) atoms. The van der Waals surface area contributed by atoms with E-state index in [0.717, 1.165) is 24.4 Å². The largest absolute Gasteiger partial charge is 0.482 e. The number of amides is 2. The summed E-state index contributed by atoms with van der Waals surface area (Å²) in [5.74, 6) is 1.41. The first-order valence-electron chi connectivity index (χ1n) is 10.8. The molecule has 1 saturated heterocycles. The van der Waals surface area contributed by atoms with Gasteiger partial charge in [-0.15, -0.1) is 24.0 Å². The number of carbonyl (C=O) groups is 2. The predicted octanol–water partition coefficient (Wildman–Crippen LogP) is 2.59. The van der Waals surface area contributed by atoms with Gasteiger partial charge in [0, 0.05) is 32.7 Å². The third kappa shape index (κ3) is 7.14. The molecular weight excluding hydrogens is 525 g/mol. The molecule has 2 heterocycles. The average molecular weight is 559 g/mol. The van der Waals surface area contributed by atoms with Gasteiger partial charge >= 0.3 is 6.09 Å². The molecule has 9 nitrogen and oxygen atoms in total. The van der Waals surface area contributed by atoms with Crippen LogP contribution < -0.4 is 20.3 Å². The molecule has 1 fully saturated rings. The van der Waals surface area contributed by atoms with Crippen molar-refractivity contribution in [2.24, 2.45) is 4.99 Å². The molecule has 0 unspecified atom stereocenters. The van der Waals surface area contributed by atoms with Gasteiger partial charge in [-0.1, -0.05) is 12.1 Å². The lowest BCUT2D eigenvalue weighted by molar-refractivity contribution is -0.121. The number of aliphatic imine (C=N–C) groups is 1. The fourth-order valence-corrected chi connectivity index (χ4v) is 3.38. The van der Waals surface area contributed by atoms with E-state index in [1.165, 1.54) is 0 Å². The van der Waals surface area contributed by atoms with E-state index in [1.807, 2.05) is 52.0 Å². The van der Waals surface area contributed by atoms with Crippen LogP contribution in [0.4, 0.5) is 10.5 Å². The summed E-state index contributed by atoms with van der Waals surface area (Å²) in [7, 11) is 0. The first-order chi connectivity index (χ1) is 14.8. The lowest BCUT2D eigenvalue weighted by atomic mass is 10.1. The number of carbonyl (C=O) groups excluding carboxylic acids is 2. The van der Waals surface area contributed by atoms with E-state index in [-0.39, 0.29) is 48.6 Å². The zero-order valence-corrected chi connectivity index (χ0v) is 21.5. The van der Waals surface area contributed by atoms with E-state index >= 15 is 0 Å². The van der Waals surface area contributed by atoms with Crippen molar-refractivity contribution in [2.45, 2.75) is 45.8 Å². The van der Waals surface area contributed by atoms with Crippen LogP contribution in [0.25, 0.3) is 0 Å². The van der Waals surface area contributed by atoms with E-state index in [4.69, 9.17) is 9.47 Å². The first-order valence-corrected chi connectivity index (χ1v) is 10.8. The Hall–Kier alpha value is -2.24. The molecule has 2 amide bonds. The van der Waals surface area contributed by atoms with Gasteiger partial charge in [-0.3, -0.25) is 9.79 Å². The number of fused-ring (bicyclic) bond motifs is 1. The molecule has 10 heteroatoms. The molecule has 0 radical (unpaired) electrons. The number of anilines is 1. The smallest absolute Gasteiger partial charge is 0.410 e. The van der Waals surface area contributed by atoms with Crippen LogP contribution in [0.3, 0.4) is 0 Å². The summed E-state index contributed by atoms with van der Waals surface area (Å²) in [4.78, 5) is 32.4. The highest BCUT2D eigenvalue weighted by Crippen LogP contribution is 2.31. The molecule has 2 N–H and O–H groups in total. The number of ether oxygens (including phenoxy) is 2. The van der Waals surface area contributed by atoms with E-state index in [0.29, 0.717) is 32.1 Å². The van der Waals surface area contributed by atoms with Crippen LogP contribution in [-0.2, 0) is 9.53 Å². The molecule has 0 atom stereocenters. The van der Waals surface area contributed by atoms with Crippen LogP contribution in [0.2, 0.25) is 0 Å². The monoisotopic (exact) mass is 559 g/mol. The van der Waals surface area contributed by atoms with Gasteiger partial charge in [-0.05, 0) is 46.2 Å². The third-order valence-electron chi connectivity index (χ3n) is 4.84. The predicted molar refractivity (Wildman–Crippen MR) is 135 cm³/mol. The van der Waals surface area contributed by atoms with Gasteiger partial charge in [0.1, 0.15) is 11.4 Å². The maximum atomic E-state index is 12.3. The number of nitrogens with zero attached hydrogens (tertiary/aromatic N) is 3. The molecule has 0 aromatic heterocycles. The van der Waals surface area contributed by atoms with Gasteiger partial charge < -0.3 is 29.9 Å². The Bertz CT molecular complexity index is 821. The molecular formula is C22H34IN5O4. The zero-order valence-electron chi connectivity index (χ0n) is 19.2. The van der Waals surface area contributed by atoms with Crippen LogP contribution in [0.1, 0.15) is 34.1 Å². The van der Waals surface area contributed by atoms with Crippen LogP contribution >= 0.6 is 24.0 Å². The number of hydrogen-bond acceptors (Lipinski definition) is 5. The normalized spacial score (nSPS) is 16.4. The van der Waals surface area contributed by atoms with Crippen LogP contribution in [0, 0.1) is 0 Å². The van der Waals surface area contributed by atoms with Gasteiger partial charge in [-0.25, -0.2) is 4.79 Å². The lowest BCUT2D eigenvalue weighted by Gasteiger charge is -2.40. The Kier molecular flexibility index (Phi) is 9.41. The zero-order chi connectivity index (χ0) is 22.4. The average Bonchev–Trinajstić information content (AvgIpc) is 2.67. The minimum Gasteiger partial charge on any atom is -0.482 e. The second kappa shape index (κ2) is 11.6. The highest BCUT2D eigenvalue weighted by atomic mass is 127. The Morgan fingerprint density at radius 1 is 1.28 bits per heavy atom. The number of nitrogens with one attached hydrogen (secondary N) is 2. The quantitative estimate of drug-likeness (QED) is 0.241. The highest BCUT2D eigenvalue weighted by Gasteiger charge is 2.34. The van der Waals surface area contributed by atoms with Crippen LogP contribution in [0.5, 0.6) is 5.75 Å².